The zero-order valence-electron chi connectivity index (χ0n) is 13.8. The molecule has 0 unspecified atom stereocenters. The summed E-state index contributed by atoms with van der Waals surface area (Å²) in [6.45, 7) is 3.59. The molecule has 22 heavy (non-hydrogen) atoms. The van der Waals surface area contributed by atoms with Crippen molar-refractivity contribution in [2.24, 2.45) is 5.92 Å². The number of carbonyl (C=O) groups excluding carboxylic acids is 1. The molecule has 1 aromatic carbocycles. The minimum absolute atomic E-state index is 0.188. The minimum Gasteiger partial charge on any atom is -0.494 e. The summed E-state index contributed by atoms with van der Waals surface area (Å²) < 4.78 is 5.69. The maximum atomic E-state index is 11.7. The van der Waals surface area contributed by atoms with Gasteiger partial charge in [-0.15, -0.1) is 0 Å². The zero-order chi connectivity index (χ0) is 15.6. The van der Waals surface area contributed by atoms with Crippen LogP contribution in [0.4, 0.5) is 0 Å². The van der Waals surface area contributed by atoms with E-state index < -0.39 is 0 Å². The van der Waals surface area contributed by atoms with Crippen LogP contribution in [-0.4, -0.2) is 19.1 Å². The third-order valence-electron chi connectivity index (χ3n) is 4.41. The molecule has 2 rings (SSSR count). The van der Waals surface area contributed by atoms with E-state index in [1.54, 1.807) is 0 Å². The Morgan fingerprint density at radius 3 is 2.86 bits per heavy atom. The average molecular weight is 303 g/mol. The molecular weight excluding hydrogens is 274 g/mol. The van der Waals surface area contributed by atoms with Crippen molar-refractivity contribution < 1.29 is 9.53 Å². The number of amides is 1. The van der Waals surface area contributed by atoms with Gasteiger partial charge in [-0.25, -0.2) is 0 Å². The molecule has 1 aliphatic carbocycles. The molecule has 0 spiro atoms. The van der Waals surface area contributed by atoms with Crippen LogP contribution < -0.4 is 10.1 Å². The molecule has 1 N–H and O–H groups in total. The van der Waals surface area contributed by atoms with Crippen molar-refractivity contribution in [3.05, 3.63) is 29.8 Å². The second-order valence-corrected chi connectivity index (χ2v) is 6.41. The molecule has 0 radical (unpaired) electrons. The zero-order valence-corrected chi connectivity index (χ0v) is 13.8. The van der Waals surface area contributed by atoms with E-state index in [2.05, 4.69) is 18.3 Å². The summed E-state index contributed by atoms with van der Waals surface area (Å²) in [4.78, 5) is 11.7. The van der Waals surface area contributed by atoms with Gasteiger partial charge in [0.05, 0.1) is 6.61 Å². The normalized spacial score (nSPS) is 15.0. The van der Waals surface area contributed by atoms with Gasteiger partial charge in [-0.1, -0.05) is 37.8 Å². The molecule has 3 heteroatoms. The molecule has 1 fully saturated rings. The quantitative estimate of drug-likeness (QED) is 0.693. The van der Waals surface area contributed by atoms with Crippen molar-refractivity contribution in [2.75, 3.05) is 13.2 Å². The van der Waals surface area contributed by atoms with Gasteiger partial charge in [0.1, 0.15) is 5.75 Å². The first kappa shape index (κ1) is 16.9. The summed E-state index contributed by atoms with van der Waals surface area (Å²) in [7, 11) is 0. The molecule has 1 saturated carbocycles. The third kappa shape index (κ3) is 6.50. The summed E-state index contributed by atoms with van der Waals surface area (Å²) in [5, 5.41) is 3.05. The fourth-order valence-corrected chi connectivity index (χ4v) is 3.09. The molecule has 0 bridgehead atoms. The van der Waals surface area contributed by atoms with Crippen LogP contribution in [-0.2, 0) is 4.79 Å². The van der Waals surface area contributed by atoms with Gasteiger partial charge in [0.2, 0.25) is 5.91 Å². The Bertz CT molecular complexity index is 453. The van der Waals surface area contributed by atoms with Crippen molar-refractivity contribution in [3.8, 4) is 5.75 Å². The van der Waals surface area contributed by atoms with E-state index in [1.165, 1.54) is 31.2 Å². The molecule has 0 saturated heterocycles. The van der Waals surface area contributed by atoms with E-state index >= 15 is 0 Å². The Balaban J connectivity index is 1.46. The molecule has 0 heterocycles. The van der Waals surface area contributed by atoms with Crippen LogP contribution in [0.1, 0.15) is 56.9 Å². The fourth-order valence-electron chi connectivity index (χ4n) is 3.09. The largest absolute Gasteiger partial charge is 0.494 e. The maximum absolute atomic E-state index is 11.7. The van der Waals surface area contributed by atoms with E-state index in [1.807, 2.05) is 18.2 Å². The van der Waals surface area contributed by atoms with E-state index in [-0.39, 0.29) is 5.91 Å². The molecule has 122 valence electrons. The summed E-state index contributed by atoms with van der Waals surface area (Å²) >= 11 is 0. The maximum Gasteiger partial charge on any atom is 0.219 e. The van der Waals surface area contributed by atoms with Crippen LogP contribution in [0.25, 0.3) is 0 Å². The second kappa shape index (κ2) is 9.50. The summed E-state index contributed by atoms with van der Waals surface area (Å²) in [5.41, 5.74) is 1.21. The Morgan fingerprint density at radius 2 is 2.09 bits per heavy atom. The van der Waals surface area contributed by atoms with Crippen LogP contribution >= 0.6 is 0 Å². The highest BCUT2D eigenvalue weighted by Gasteiger charge is 2.14. The highest BCUT2D eigenvalue weighted by atomic mass is 16.5. The lowest BCUT2D eigenvalue weighted by molar-refractivity contribution is -0.121. The number of hydrogen-bond donors (Lipinski definition) is 1. The topological polar surface area (TPSA) is 38.3 Å². The highest BCUT2D eigenvalue weighted by Crippen LogP contribution is 2.26. The molecule has 1 aliphatic rings. The lowest BCUT2D eigenvalue weighted by Crippen LogP contribution is -2.25. The van der Waals surface area contributed by atoms with Crippen LogP contribution in [0.15, 0.2) is 24.3 Å². The molecule has 3 nitrogen and oxygen atoms in total. The first-order chi connectivity index (χ1) is 10.7. The van der Waals surface area contributed by atoms with Crippen molar-refractivity contribution in [1.82, 2.24) is 5.32 Å². The van der Waals surface area contributed by atoms with Crippen LogP contribution in [0.3, 0.4) is 0 Å². The standard InChI is InChI=1S/C19H29NO2/c1-16-7-6-10-18(15-16)22-14-5-4-11-19(21)20-13-12-17-8-2-3-9-17/h6-7,10,15,17H,2-5,8-9,11-14H2,1H3,(H,20,21). The number of rotatable bonds is 9. The first-order valence-electron chi connectivity index (χ1n) is 8.70. The Kier molecular flexibility index (Phi) is 7.27. The van der Waals surface area contributed by atoms with Gasteiger partial charge in [-0.2, -0.15) is 0 Å². The summed E-state index contributed by atoms with van der Waals surface area (Å²) in [6, 6.07) is 8.07. The predicted molar refractivity (Wildman–Crippen MR) is 90.1 cm³/mol. The third-order valence-corrected chi connectivity index (χ3v) is 4.41. The lowest BCUT2D eigenvalue weighted by Gasteiger charge is -2.10. The van der Waals surface area contributed by atoms with Crippen LogP contribution in [0.5, 0.6) is 5.75 Å². The number of nitrogens with one attached hydrogen (secondary N) is 1. The first-order valence-corrected chi connectivity index (χ1v) is 8.70. The molecule has 1 aromatic rings. The molecule has 1 amide bonds. The predicted octanol–water partition coefficient (Wildman–Crippen LogP) is 4.24. The molecule has 0 aromatic heterocycles. The van der Waals surface area contributed by atoms with Crippen LogP contribution in [0.2, 0.25) is 0 Å². The van der Waals surface area contributed by atoms with E-state index in [4.69, 9.17) is 4.74 Å². The summed E-state index contributed by atoms with van der Waals surface area (Å²) in [6.07, 6.45) is 9.03. The van der Waals surface area contributed by atoms with Crippen LogP contribution in [0, 0.1) is 12.8 Å². The van der Waals surface area contributed by atoms with Gasteiger partial charge in [-0.05, 0) is 49.8 Å². The smallest absolute Gasteiger partial charge is 0.219 e. The number of hydrogen-bond acceptors (Lipinski definition) is 2. The molecule has 0 atom stereocenters. The van der Waals surface area contributed by atoms with Gasteiger partial charge >= 0.3 is 0 Å². The lowest BCUT2D eigenvalue weighted by atomic mass is 10.0. The van der Waals surface area contributed by atoms with Gasteiger partial charge in [0.15, 0.2) is 0 Å². The van der Waals surface area contributed by atoms with Crippen molar-refractivity contribution in [2.45, 2.75) is 58.3 Å². The van der Waals surface area contributed by atoms with Gasteiger partial charge < -0.3 is 10.1 Å². The Labute approximate surface area is 134 Å². The van der Waals surface area contributed by atoms with Gasteiger partial charge in [0, 0.05) is 13.0 Å². The average Bonchev–Trinajstić information content (AvgIpc) is 3.00. The summed E-state index contributed by atoms with van der Waals surface area (Å²) in [5.74, 6) is 1.96. The number of benzene rings is 1. The molecule has 0 aliphatic heterocycles. The number of carbonyl (C=O) groups is 1. The van der Waals surface area contributed by atoms with Gasteiger partial charge in [-0.3, -0.25) is 4.79 Å². The van der Waals surface area contributed by atoms with Crippen molar-refractivity contribution in [1.29, 1.82) is 0 Å². The van der Waals surface area contributed by atoms with E-state index in [0.29, 0.717) is 13.0 Å². The van der Waals surface area contributed by atoms with E-state index in [0.717, 1.165) is 37.5 Å². The molecular formula is C19H29NO2. The number of aryl methyl sites for hydroxylation is 1. The highest BCUT2D eigenvalue weighted by molar-refractivity contribution is 5.75. The van der Waals surface area contributed by atoms with Gasteiger partial charge in [0.25, 0.3) is 0 Å². The Hall–Kier alpha value is -1.51. The number of ether oxygens (including phenoxy) is 1. The SMILES string of the molecule is Cc1cccc(OCCCCC(=O)NCCC2CCCC2)c1. The fraction of sp³-hybridized carbons (Fsp3) is 0.632. The minimum atomic E-state index is 0.188. The second-order valence-electron chi connectivity index (χ2n) is 6.41. The Morgan fingerprint density at radius 1 is 1.27 bits per heavy atom. The van der Waals surface area contributed by atoms with Crippen molar-refractivity contribution >= 4 is 5.91 Å². The number of unbranched alkanes of at least 4 members (excludes halogenated alkanes) is 1. The van der Waals surface area contributed by atoms with E-state index in [9.17, 15) is 4.79 Å². The van der Waals surface area contributed by atoms with Crippen molar-refractivity contribution in [3.63, 3.8) is 0 Å². The monoisotopic (exact) mass is 303 g/mol.